The first kappa shape index (κ1) is 14.0. The fourth-order valence-electron chi connectivity index (χ4n) is 1.22. The van der Waals surface area contributed by atoms with E-state index in [2.05, 4.69) is 13.8 Å². The minimum Gasteiger partial charge on any atom is -0.134 e. The summed E-state index contributed by atoms with van der Waals surface area (Å²) in [6.45, 7) is 4.62. The van der Waals surface area contributed by atoms with E-state index >= 15 is 0 Å². The highest BCUT2D eigenvalue weighted by Gasteiger charge is 2.09. The Bertz CT molecular complexity index is 137. The van der Waals surface area contributed by atoms with Gasteiger partial charge in [-0.15, -0.1) is 9.79 Å². The highest BCUT2D eigenvalue weighted by molar-refractivity contribution is 7.30. The van der Waals surface area contributed by atoms with E-state index in [9.17, 15) is 0 Å². The predicted molar refractivity (Wildman–Crippen MR) is 58.1 cm³/mol. The second kappa shape index (κ2) is 8.34. The van der Waals surface area contributed by atoms with Gasteiger partial charge in [-0.3, -0.25) is 0 Å². The van der Waals surface area contributed by atoms with Crippen LogP contribution in [-0.4, -0.2) is 9.79 Å². The van der Waals surface area contributed by atoms with Crippen LogP contribution in [0.25, 0.3) is 0 Å². The Morgan fingerprint density at radius 1 is 0.929 bits per heavy atom. The van der Waals surface area contributed by atoms with Crippen LogP contribution in [0.2, 0.25) is 0 Å². The maximum atomic E-state index is 8.70. The van der Waals surface area contributed by atoms with Gasteiger partial charge in [0.25, 0.3) is 0 Å². The summed E-state index contributed by atoms with van der Waals surface area (Å²) in [4.78, 5) is 14.2. The second-order valence-corrected chi connectivity index (χ2v) is 4.83. The minimum atomic E-state index is -2.87. The molecule has 0 aliphatic heterocycles. The van der Waals surface area contributed by atoms with Gasteiger partial charge in [0.1, 0.15) is 0 Å². The average molecular weight is 221 g/mol. The fourth-order valence-corrected chi connectivity index (χ4v) is 1.22. The smallest absolute Gasteiger partial charge is 0.134 e. The molecule has 0 radical (unpaired) electrons. The van der Waals surface area contributed by atoms with E-state index in [4.69, 9.17) is 14.4 Å². The monoisotopic (exact) mass is 221 g/mol. The van der Waals surface area contributed by atoms with Crippen LogP contribution in [0.4, 0.5) is 0 Å². The molecule has 2 fully saturated rings. The van der Waals surface area contributed by atoms with Gasteiger partial charge in [-0.2, -0.15) is 0 Å². The number of hydrogen-bond donors (Lipinski definition) is 2. The summed E-state index contributed by atoms with van der Waals surface area (Å²) in [5.41, 5.74) is 0. The van der Waals surface area contributed by atoms with Crippen molar-refractivity contribution >= 4 is 8.25 Å². The fraction of sp³-hybridized carbons (Fsp3) is 1.00. The number of hydrogen-bond acceptors (Lipinski definition) is 1. The van der Waals surface area contributed by atoms with Crippen molar-refractivity contribution in [2.75, 3.05) is 0 Å². The molecule has 2 saturated carbocycles. The standard InChI is InChI=1S/2C5H10.HO3P/c2*1-5-3-2-4-5;1-4(2)3/h2*5H,2-4H2,1H3;(H-,1,2,3)/p+1. The van der Waals surface area contributed by atoms with Crippen molar-refractivity contribution in [3.05, 3.63) is 0 Å². The van der Waals surface area contributed by atoms with Crippen LogP contribution in [0.15, 0.2) is 0 Å². The van der Waals surface area contributed by atoms with Gasteiger partial charge >= 0.3 is 8.25 Å². The van der Waals surface area contributed by atoms with Crippen molar-refractivity contribution < 1.29 is 14.4 Å². The summed E-state index contributed by atoms with van der Waals surface area (Å²) in [5, 5.41) is 0. The highest BCUT2D eigenvalue weighted by Crippen LogP contribution is 2.24. The van der Waals surface area contributed by atoms with Gasteiger partial charge in [-0.05, 0) is 11.8 Å². The van der Waals surface area contributed by atoms with Crippen LogP contribution in [-0.2, 0) is 4.57 Å². The summed E-state index contributed by atoms with van der Waals surface area (Å²) >= 11 is 0. The van der Waals surface area contributed by atoms with Crippen molar-refractivity contribution in [3.63, 3.8) is 0 Å². The van der Waals surface area contributed by atoms with Gasteiger partial charge in [-0.25, -0.2) is 0 Å². The largest absolute Gasteiger partial charge is 0.692 e. The molecule has 3 nitrogen and oxygen atoms in total. The zero-order valence-corrected chi connectivity index (χ0v) is 10.0. The Labute approximate surface area is 87.5 Å². The molecule has 0 atom stereocenters. The molecule has 2 aliphatic carbocycles. The molecule has 2 aliphatic rings. The minimum absolute atomic E-state index is 1.06. The summed E-state index contributed by atoms with van der Waals surface area (Å²) < 4.78 is 8.70. The lowest BCUT2D eigenvalue weighted by molar-refractivity contribution is 0.346. The summed E-state index contributed by atoms with van der Waals surface area (Å²) in [6.07, 6.45) is 8.92. The molecular formula is C10H22O3P+. The highest BCUT2D eigenvalue weighted by atomic mass is 31.1. The maximum Gasteiger partial charge on any atom is 0.692 e. The molecule has 0 spiro atoms. The van der Waals surface area contributed by atoms with Crippen LogP contribution in [0.3, 0.4) is 0 Å². The van der Waals surface area contributed by atoms with Gasteiger partial charge in [0.05, 0.1) is 0 Å². The maximum absolute atomic E-state index is 8.70. The lowest BCUT2D eigenvalue weighted by Crippen LogP contribution is -2.04. The van der Waals surface area contributed by atoms with E-state index in [-0.39, 0.29) is 0 Å². The topological polar surface area (TPSA) is 57.5 Å². The third-order valence-corrected chi connectivity index (χ3v) is 2.79. The molecule has 0 aromatic carbocycles. The molecule has 0 aromatic rings. The molecule has 0 amide bonds. The van der Waals surface area contributed by atoms with Gasteiger partial charge in [0.15, 0.2) is 0 Å². The van der Waals surface area contributed by atoms with Crippen LogP contribution < -0.4 is 0 Å². The Morgan fingerprint density at radius 3 is 1.07 bits per heavy atom. The van der Waals surface area contributed by atoms with Gasteiger partial charge in [0, 0.05) is 4.57 Å². The van der Waals surface area contributed by atoms with Crippen molar-refractivity contribution in [1.29, 1.82) is 0 Å². The molecule has 2 rings (SSSR count). The van der Waals surface area contributed by atoms with E-state index in [0.29, 0.717) is 0 Å². The normalized spacial score (nSPS) is 20.3. The lowest BCUT2D eigenvalue weighted by atomic mass is 9.88. The molecule has 0 heterocycles. The molecule has 84 valence electrons. The van der Waals surface area contributed by atoms with Crippen molar-refractivity contribution in [2.24, 2.45) is 11.8 Å². The number of rotatable bonds is 0. The molecule has 2 N–H and O–H groups in total. The lowest BCUT2D eigenvalue weighted by Gasteiger charge is -2.18. The Balaban J connectivity index is 0.000000183. The first-order valence-corrected chi connectivity index (χ1v) is 6.54. The predicted octanol–water partition coefficient (Wildman–Crippen LogP) is 3.24. The van der Waals surface area contributed by atoms with Gasteiger partial charge in [0.2, 0.25) is 0 Å². The van der Waals surface area contributed by atoms with Crippen LogP contribution in [0.5, 0.6) is 0 Å². The zero-order valence-electron chi connectivity index (χ0n) is 9.15. The average Bonchev–Trinajstić information content (AvgIpc) is 1.97. The van der Waals surface area contributed by atoms with Crippen LogP contribution in [0, 0.1) is 11.8 Å². The van der Waals surface area contributed by atoms with E-state index in [0.717, 1.165) is 11.8 Å². The molecule has 0 unspecified atom stereocenters. The third-order valence-electron chi connectivity index (χ3n) is 2.79. The quantitative estimate of drug-likeness (QED) is 0.617. The Hall–Kier alpha value is 0.0200. The molecule has 4 heteroatoms. The van der Waals surface area contributed by atoms with E-state index in [1.54, 1.807) is 0 Å². The first-order valence-electron chi connectivity index (χ1n) is 5.37. The van der Waals surface area contributed by atoms with Gasteiger partial charge in [-0.1, -0.05) is 52.4 Å². The van der Waals surface area contributed by atoms with Crippen LogP contribution >= 0.6 is 8.25 Å². The van der Waals surface area contributed by atoms with Crippen molar-refractivity contribution in [2.45, 2.75) is 52.4 Å². The second-order valence-electron chi connectivity index (χ2n) is 4.32. The SMILES string of the molecule is CC1CCC1.CC1CCC1.O=[P+](O)O. The Morgan fingerprint density at radius 2 is 1.07 bits per heavy atom. The van der Waals surface area contributed by atoms with E-state index in [1.807, 2.05) is 0 Å². The molecule has 0 bridgehead atoms. The summed E-state index contributed by atoms with van der Waals surface area (Å²) in [6, 6.07) is 0. The zero-order chi connectivity index (χ0) is 11.0. The molecule has 0 aromatic heterocycles. The Kier molecular flexibility index (Phi) is 8.35. The first-order chi connectivity index (χ1) is 6.52. The van der Waals surface area contributed by atoms with Gasteiger partial charge < -0.3 is 0 Å². The summed E-state index contributed by atoms with van der Waals surface area (Å²) in [7, 11) is -2.87. The van der Waals surface area contributed by atoms with Crippen molar-refractivity contribution in [3.8, 4) is 0 Å². The van der Waals surface area contributed by atoms with E-state index in [1.165, 1.54) is 38.5 Å². The molecular weight excluding hydrogens is 199 g/mol. The van der Waals surface area contributed by atoms with Crippen LogP contribution in [0.1, 0.15) is 52.4 Å². The molecule has 0 saturated heterocycles. The summed E-state index contributed by atoms with van der Waals surface area (Å²) in [5.74, 6) is 2.13. The van der Waals surface area contributed by atoms with Crippen molar-refractivity contribution in [1.82, 2.24) is 0 Å². The third kappa shape index (κ3) is 10.1. The van der Waals surface area contributed by atoms with E-state index < -0.39 is 8.25 Å². The molecule has 14 heavy (non-hydrogen) atoms.